The summed E-state index contributed by atoms with van der Waals surface area (Å²) in [6.07, 6.45) is 1.49. The summed E-state index contributed by atoms with van der Waals surface area (Å²) in [7, 11) is 1.66. The van der Waals surface area contributed by atoms with E-state index < -0.39 is 0 Å². The van der Waals surface area contributed by atoms with Crippen LogP contribution in [0.1, 0.15) is 32.4 Å². The van der Waals surface area contributed by atoms with Crippen LogP contribution < -0.4 is 10.9 Å². The Kier molecular flexibility index (Phi) is 4.79. The van der Waals surface area contributed by atoms with Gasteiger partial charge < -0.3 is 9.88 Å². The molecule has 0 spiro atoms. The number of nitrogens with zero attached hydrogens (tertiary/aromatic N) is 2. The van der Waals surface area contributed by atoms with Gasteiger partial charge in [0.15, 0.2) is 0 Å². The summed E-state index contributed by atoms with van der Waals surface area (Å²) < 4.78 is 1.43. The van der Waals surface area contributed by atoms with Gasteiger partial charge in [0.05, 0.1) is 22.6 Å². The summed E-state index contributed by atoms with van der Waals surface area (Å²) in [4.78, 5) is 31.0. The van der Waals surface area contributed by atoms with E-state index in [-0.39, 0.29) is 17.5 Å². The maximum Gasteiger partial charge on any atom is 0.262 e. The molecule has 5 nitrogen and oxygen atoms in total. The van der Waals surface area contributed by atoms with Gasteiger partial charge in [0.25, 0.3) is 11.5 Å². The van der Waals surface area contributed by atoms with Gasteiger partial charge in [0, 0.05) is 7.05 Å². The average Bonchev–Trinajstić information content (AvgIpc) is 3.07. The molecule has 1 amide bonds. The van der Waals surface area contributed by atoms with Gasteiger partial charge >= 0.3 is 0 Å². The molecular formula is C22H19N3O2S. The highest BCUT2D eigenvalue weighted by Crippen LogP contribution is 2.28. The number of benzene rings is 2. The third-order valence-corrected chi connectivity index (χ3v) is 5.96. The fourth-order valence-corrected chi connectivity index (χ4v) is 4.31. The summed E-state index contributed by atoms with van der Waals surface area (Å²) in [6, 6.07) is 19.4. The molecule has 0 aliphatic carbocycles. The molecule has 0 atom stereocenters. The van der Waals surface area contributed by atoms with Gasteiger partial charge in [-0.25, -0.2) is 4.98 Å². The molecule has 1 N–H and O–H groups in total. The van der Waals surface area contributed by atoms with Crippen molar-refractivity contribution in [3.63, 3.8) is 0 Å². The van der Waals surface area contributed by atoms with E-state index in [0.717, 1.165) is 11.1 Å². The first-order chi connectivity index (χ1) is 13.6. The molecule has 140 valence electrons. The second kappa shape index (κ2) is 7.40. The highest BCUT2D eigenvalue weighted by atomic mass is 32.1. The Balaban J connectivity index is 1.75. The normalized spacial score (nSPS) is 11.1. The number of aryl methyl sites for hydroxylation is 2. The Hall–Kier alpha value is -3.25. The zero-order chi connectivity index (χ0) is 19.7. The lowest BCUT2D eigenvalue weighted by Crippen LogP contribution is -2.29. The number of amides is 1. The van der Waals surface area contributed by atoms with Crippen molar-refractivity contribution in [3.8, 4) is 0 Å². The minimum absolute atomic E-state index is 0.138. The standard InChI is InChI=1S/C22H19N3O2S/c1-14-17-21(23-13-25(2)22(17)27)28-19(14)20(26)24-18(15-9-5-3-6-10-15)16-11-7-4-8-12-16/h3-13,18H,1-2H3,(H,24,26). The molecule has 0 unspecified atom stereocenters. The Bertz CT molecular complexity index is 1160. The molecule has 0 bridgehead atoms. The van der Waals surface area contributed by atoms with E-state index in [0.29, 0.717) is 20.7 Å². The van der Waals surface area contributed by atoms with Crippen LogP contribution in [-0.4, -0.2) is 15.5 Å². The number of carbonyl (C=O) groups excluding carboxylic acids is 1. The number of carbonyl (C=O) groups is 1. The molecule has 0 radical (unpaired) electrons. The van der Waals surface area contributed by atoms with Crippen LogP contribution in [-0.2, 0) is 7.05 Å². The van der Waals surface area contributed by atoms with Crippen molar-refractivity contribution in [2.45, 2.75) is 13.0 Å². The van der Waals surface area contributed by atoms with Crippen molar-refractivity contribution < 1.29 is 4.79 Å². The van der Waals surface area contributed by atoms with Crippen LogP contribution in [0.2, 0.25) is 0 Å². The van der Waals surface area contributed by atoms with Crippen molar-refractivity contribution in [2.75, 3.05) is 0 Å². The number of hydrogen-bond acceptors (Lipinski definition) is 4. The van der Waals surface area contributed by atoms with Crippen molar-refractivity contribution in [1.82, 2.24) is 14.9 Å². The minimum Gasteiger partial charge on any atom is -0.340 e. The van der Waals surface area contributed by atoms with E-state index in [1.165, 1.54) is 22.2 Å². The number of rotatable bonds is 4. The van der Waals surface area contributed by atoms with Crippen molar-refractivity contribution in [1.29, 1.82) is 0 Å². The molecule has 0 saturated heterocycles. The summed E-state index contributed by atoms with van der Waals surface area (Å²) in [5, 5.41) is 3.65. The second-order valence-corrected chi connectivity index (χ2v) is 7.62. The van der Waals surface area contributed by atoms with E-state index >= 15 is 0 Å². The molecule has 2 aromatic carbocycles. The molecule has 28 heavy (non-hydrogen) atoms. The van der Waals surface area contributed by atoms with Gasteiger partial charge in [-0.3, -0.25) is 9.59 Å². The van der Waals surface area contributed by atoms with Crippen LogP contribution in [0.25, 0.3) is 10.2 Å². The average molecular weight is 389 g/mol. The number of aromatic nitrogens is 2. The number of fused-ring (bicyclic) bond motifs is 1. The predicted octanol–water partition coefficient (Wildman–Crippen LogP) is 3.82. The van der Waals surface area contributed by atoms with E-state index in [9.17, 15) is 9.59 Å². The Morgan fingerprint density at radius 2 is 1.61 bits per heavy atom. The molecule has 0 fully saturated rings. The van der Waals surface area contributed by atoms with Crippen LogP contribution in [0.4, 0.5) is 0 Å². The van der Waals surface area contributed by atoms with Crippen LogP contribution in [0.3, 0.4) is 0 Å². The van der Waals surface area contributed by atoms with E-state index in [4.69, 9.17) is 0 Å². The third-order valence-electron chi connectivity index (χ3n) is 4.76. The van der Waals surface area contributed by atoms with Crippen molar-refractivity contribution in [2.24, 2.45) is 7.05 Å². The smallest absolute Gasteiger partial charge is 0.262 e. The fraction of sp³-hybridized carbons (Fsp3) is 0.136. The lowest BCUT2D eigenvalue weighted by atomic mass is 9.98. The maximum atomic E-state index is 13.2. The second-order valence-electron chi connectivity index (χ2n) is 6.62. The van der Waals surface area contributed by atoms with Gasteiger partial charge in [-0.15, -0.1) is 11.3 Å². The monoisotopic (exact) mass is 389 g/mol. The zero-order valence-corrected chi connectivity index (χ0v) is 16.4. The van der Waals surface area contributed by atoms with E-state index in [1.807, 2.05) is 60.7 Å². The van der Waals surface area contributed by atoms with Crippen molar-refractivity contribution in [3.05, 3.63) is 98.9 Å². The third kappa shape index (κ3) is 3.23. The van der Waals surface area contributed by atoms with Gasteiger partial charge in [0.2, 0.25) is 0 Å². The van der Waals surface area contributed by atoms with Crippen LogP contribution >= 0.6 is 11.3 Å². The highest BCUT2D eigenvalue weighted by Gasteiger charge is 2.23. The fourth-order valence-electron chi connectivity index (χ4n) is 3.27. The number of nitrogens with one attached hydrogen (secondary N) is 1. The summed E-state index contributed by atoms with van der Waals surface area (Å²) in [6.45, 7) is 1.80. The summed E-state index contributed by atoms with van der Waals surface area (Å²) >= 11 is 1.25. The molecule has 4 rings (SSSR count). The molecule has 2 heterocycles. The summed E-state index contributed by atoms with van der Waals surface area (Å²) in [5.74, 6) is -0.208. The quantitative estimate of drug-likeness (QED) is 0.577. The Labute approximate surface area is 166 Å². The van der Waals surface area contributed by atoms with E-state index in [2.05, 4.69) is 10.3 Å². The highest BCUT2D eigenvalue weighted by molar-refractivity contribution is 7.20. The maximum absolute atomic E-state index is 13.2. The first-order valence-corrected chi connectivity index (χ1v) is 9.73. The minimum atomic E-state index is -0.282. The van der Waals surface area contributed by atoms with Gasteiger partial charge in [-0.1, -0.05) is 60.7 Å². The van der Waals surface area contributed by atoms with Crippen LogP contribution in [0, 0.1) is 6.92 Å². The van der Waals surface area contributed by atoms with Gasteiger partial charge in [0.1, 0.15) is 4.83 Å². The van der Waals surface area contributed by atoms with Crippen LogP contribution in [0.15, 0.2) is 71.8 Å². The van der Waals surface area contributed by atoms with Crippen molar-refractivity contribution >= 4 is 27.5 Å². The Morgan fingerprint density at radius 3 is 2.18 bits per heavy atom. The van der Waals surface area contributed by atoms with Gasteiger partial charge in [-0.05, 0) is 23.6 Å². The molecule has 6 heteroatoms. The number of hydrogen-bond donors (Lipinski definition) is 1. The lowest BCUT2D eigenvalue weighted by Gasteiger charge is -2.19. The molecule has 0 aliphatic rings. The molecule has 0 saturated carbocycles. The molecule has 0 aliphatic heterocycles. The SMILES string of the molecule is Cc1c(C(=O)NC(c2ccccc2)c2ccccc2)sc2ncn(C)c(=O)c12. The molecule has 4 aromatic rings. The first-order valence-electron chi connectivity index (χ1n) is 8.91. The predicted molar refractivity (Wildman–Crippen MR) is 112 cm³/mol. The molecule has 2 aromatic heterocycles. The molecular weight excluding hydrogens is 370 g/mol. The lowest BCUT2D eigenvalue weighted by molar-refractivity contribution is 0.0946. The Morgan fingerprint density at radius 1 is 1.04 bits per heavy atom. The van der Waals surface area contributed by atoms with E-state index in [1.54, 1.807) is 14.0 Å². The van der Waals surface area contributed by atoms with Gasteiger partial charge in [-0.2, -0.15) is 0 Å². The topological polar surface area (TPSA) is 64.0 Å². The zero-order valence-electron chi connectivity index (χ0n) is 15.5. The van der Waals surface area contributed by atoms with Crippen LogP contribution in [0.5, 0.6) is 0 Å². The number of thiophene rings is 1. The summed E-state index contributed by atoms with van der Waals surface area (Å²) in [5.41, 5.74) is 2.52. The largest absolute Gasteiger partial charge is 0.340 e. The first kappa shape index (κ1) is 18.1.